The van der Waals surface area contributed by atoms with E-state index in [1.165, 1.54) is 23.2 Å². The zero-order valence-electron chi connectivity index (χ0n) is 18.1. The molecule has 2 heterocycles. The van der Waals surface area contributed by atoms with Crippen molar-refractivity contribution in [1.82, 2.24) is 9.88 Å². The standard InChI is InChI=1S/C25H29ClN4.2ClH/c26-23-9-6-10-24(20-23)30-17-15-29(16-18-30)14-5-4-12-27-25-19-22(11-13-28-25)21-7-2-1-3-8-21;;/h1-3,6-11,13,19-20H,4-5,12,14-18H2,(H,27,28);2*1H. The van der Waals surface area contributed by atoms with Crippen molar-refractivity contribution >= 4 is 47.9 Å². The molecule has 0 radical (unpaired) electrons. The minimum atomic E-state index is 0. The van der Waals surface area contributed by atoms with E-state index in [-0.39, 0.29) is 24.8 Å². The number of hydrogen-bond acceptors (Lipinski definition) is 4. The van der Waals surface area contributed by atoms with Crippen molar-refractivity contribution in [3.63, 3.8) is 0 Å². The maximum absolute atomic E-state index is 6.13. The third kappa shape index (κ3) is 7.56. The summed E-state index contributed by atoms with van der Waals surface area (Å²) in [6, 6.07) is 22.8. The Balaban J connectivity index is 0.00000181. The highest BCUT2D eigenvalue weighted by molar-refractivity contribution is 6.30. The van der Waals surface area contributed by atoms with Crippen LogP contribution in [-0.4, -0.2) is 49.2 Å². The van der Waals surface area contributed by atoms with Gasteiger partial charge in [0.2, 0.25) is 0 Å². The van der Waals surface area contributed by atoms with E-state index in [2.05, 4.69) is 68.6 Å². The summed E-state index contributed by atoms with van der Waals surface area (Å²) in [5.74, 6) is 0.950. The quantitative estimate of drug-likeness (QED) is 0.375. The molecule has 4 rings (SSSR count). The summed E-state index contributed by atoms with van der Waals surface area (Å²) >= 11 is 6.13. The van der Waals surface area contributed by atoms with Gasteiger partial charge in [0.25, 0.3) is 0 Å². The summed E-state index contributed by atoms with van der Waals surface area (Å²) < 4.78 is 0. The second kappa shape index (κ2) is 13.5. The molecule has 7 heteroatoms. The molecule has 0 amide bonds. The van der Waals surface area contributed by atoms with Crippen molar-refractivity contribution in [1.29, 1.82) is 0 Å². The topological polar surface area (TPSA) is 31.4 Å². The molecule has 0 bridgehead atoms. The van der Waals surface area contributed by atoms with Gasteiger partial charge in [0, 0.05) is 49.6 Å². The molecule has 0 spiro atoms. The number of benzene rings is 2. The first-order valence-corrected chi connectivity index (χ1v) is 11.1. The van der Waals surface area contributed by atoms with Gasteiger partial charge in [-0.25, -0.2) is 4.98 Å². The van der Waals surface area contributed by atoms with E-state index in [1.54, 1.807) is 0 Å². The average Bonchev–Trinajstić information content (AvgIpc) is 2.80. The number of halogens is 3. The van der Waals surface area contributed by atoms with E-state index in [0.717, 1.165) is 56.5 Å². The fourth-order valence-corrected chi connectivity index (χ4v) is 4.10. The SMILES string of the molecule is Cl.Cl.Clc1cccc(N2CCN(CCCCNc3cc(-c4ccccc4)ccn3)CC2)c1. The number of rotatable bonds is 8. The average molecular weight is 494 g/mol. The number of aromatic nitrogens is 1. The van der Waals surface area contributed by atoms with Gasteiger partial charge in [0.05, 0.1) is 0 Å². The Morgan fingerprint density at radius 3 is 2.34 bits per heavy atom. The van der Waals surface area contributed by atoms with Crippen molar-refractivity contribution in [2.24, 2.45) is 0 Å². The fourth-order valence-electron chi connectivity index (χ4n) is 3.92. The molecule has 1 saturated heterocycles. The van der Waals surface area contributed by atoms with E-state index in [0.29, 0.717) is 0 Å². The molecule has 1 aliphatic rings. The maximum Gasteiger partial charge on any atom is 0.126 e. The molecule has 172 valence electrons. The normalized spacial score (nSPS) is 13.7. The van der Waals surface area contributed by atoms with E-state index < -0.39 is 0 Å². The Bertz CT molecular complexity index is 931. The minimum absolute atomic E-state index is 0. The summed E-state index contributed by atoms with van der Waals surface area (Å²) in [4.78, 5) is 9.45. The largest absolute Gasteiger partial charge is 0.370 e. The number of pyridine rings is 1. The zero-order valence-corrected chi connectivity index (χ0v) is 20.5. The van der Waals surface area contributed by atoms with Gasteiger partial charge in [-0.15, -0.1) is 24.8 Å². The Morgan fingerprint density at radius 2 is 1.59 bits per heavy atom. The first-order chi connectivity index (χ1) is 14.8. The van der Waals surface area contributed by atoms with E-state index in [9.17, 15) is 0 Å². The summed E-state index contributed by atoms with van der Waals surface area (Å²) in [7, 11) is 0. The van der Waals surface area contributed by atoms with Crippen molar-refractivity contribution in [2.45, 2.75) is 12.8 Å². The van der Waals surface area contributed by atoms with Crippen molar-refractivity contribution in [3.05, 3.63) is 77.9 Å². The molecule has 1 fully saturated rings. The Kier molecular flexibility index (Phi) is 11.1. The maximum atomic E-state index is 6.13. The summed E-state index contributed by atoms with van der Waals surface area (Å²) in [6.45, 7) is 6.46. The van der Waals surface area contributed by atoms with Gasteiger partial charge in [0.1, 0.15) is 5.82 Å². The van der Waals surface area contributed by atoms with Gasteiger partial charge >= 0.3 is 0 Å². The van der Waals surface area contributed by atoms with E-state index in [4.69, 9.17) is 11.6 Å². The van der Waals surface area contributed by atoms with E-state index in [1.807, 2.05) is 24.4 Å². The van der Waals surface area contributed by atoms with Crippen LogP contribution < -0.4 is 10.2 Å². The van der Waals surface area contributed by atoms with Gasteiger partial charge in [-0.3, -0.25) is 4.90 Å². The molecule has 2 aromatic carbocycles. The van der Waals surface area contributed by atoms with Crippen LogP contribution in [0.4, 0.5) is 11.5 Å². The molecule has 4 nitrogen and oxygen atoms in total. The molecule has 0 atom stereocenters. The number of nitrogens with zero attached hydrogens (tertiary/aromatic N) is 3. The van der Waals surface area contributed by atoms with Gasteiger partial charge in [-0.2, -0.15) is 0 Å². The minimum Gasteiger partial charge on any atom is -0.370 e. The summed E-state index contributed by atoms with van der Waals surface area (Å²) in [5.41, 5.74) is 3.65. The van der Waals surface area contributed by atoms with Crippen LogP contribution in [0.2, 0.25) is 5.02 Å². The molecule has 32 heavy (non-hydrogen) atoms. The summed E-state index contributed by atoms with van der Waals surface area (Å²) in [5, 5.41) is 4.29. The number of piperazine rings is 1. The first-order valence-electron chi connectivity index (χ1n) is 10.8. The van der Waals surface area contributed by atoms with Crippen LogP contribution in [0.1, 0.15) is 12.8 Å². The van der Waals surface area contributed by atoms with Gasteiger partial charge in [-0.05, 0) is 60.8 Å². The molecule has 1 N–H and O–H groups in total. The predicted molar refractivity (Wildman–Crippen MR) is 142 cm³/mol. The van der Waals surface area contributed by atoms with E-state index >= 15 is 0 Å². The highest BCUT2D eigenvalue weighted by Crippen LogP contribution is 2.22. The number of hydrogen-bond donors (Lipinski definition) is 1. The molecule has 1 aromatic heterocycles. The highest BCUT2D eigenvalue weighted by Gasteiger charge is 2.16. The van der Waals surface area contributed by atoms with Crippen LogP contribution in [0.25, 0.3) is 11.1 Å². The molecule has 3 aromatic rings. The van der Waals surface area contributed by atoms with Crippen LogP contribution in [0.5, 0.6) is 0 Å². The smallest absolute Gasteiger partial charge is 0.126 e. The lowest BCUT2D eigenvalue weighted by molar-refractivity contribution is 0.254. The highest BCUT2D eigenvalue weighted by atomic mass is 35.5. The third-order valence-corrected chi connectivity index (χ3v) is 5.86. The Hall–Kier alpha value is -1.98. The van der Waals surface area contributed by atoms with Crippen molar-refractivity contribution in [3.8, 4) is 11.1 Å². The number of nitrogens with one attached hydrogen (secondary N) is 1. The van der Waals surface area contributed by atoms with Crippen LogP contribution in [0, 0.1) is 0 Å². The van der Waals surface area contributed by atoms with Crippen molar-refractivity contribution in [2.75, 3.05) is 49.5 Å². The van der Waals surface area contributed by atoms with Gasteiger partial charge < -0.3 is 10.2 Å². The monoisotopic (exact) mass is 492 g/mol. The van der Waals surface area contributed by atoms with Crippen LogP contribution in [-0.2, 0) is 0 Å². The zero-order chi connectivity index (χ0) is 20.6. The molecule has 1 aliphatic heterocycles. The molecule has 0 aliphatic carbocycles. The number of anilines is 2. The van der Waals surface area contributed by atoms with Crippen molar-refractivity contribution < 1.29 is 0 Å². The molecular weight excluding hydrogens is 463 g/mol. The lowest BCUT2D eigenvalue weighted by atomic mass is 10.1. The fraction of sp³-hybridized carbons (Fsp3) is 0.320. The van der Waals surface area contributed by atoms with Crippen LogP contribution in [0.3, 0.4) is 0 Å². The second-order valence-corrected chi connectivity index (χ2v) is 8.17. The van der Waals surface area contributed by atoms with Gasteiger partial charge in [-0.1, -0.05) is 48.0 Å². The molecule has 0 unspecified atom stereocenters. The molecular formula is C25H31Cl3N4. The van der Waals surface area contributed by atoms with Gasteiger partial charge in [0.15, 0.2) is 0 Å². The molecule has 0 saturated carbocycles. The Morgan fingerprint density at radius 1 is 0.812 bits per heavy atom. The lowest BCUT2D eigenvalue weighted by Gasteiger charge is -2.36. The number of unbranched alkanes of at least 4 members (excludes halogenated alkanes) is 1. The van der Waals surface area contributed by atoms with Crippen LogP contribution >= 0.6 is 36.4 Å². The summed E-state index contributed by atoms with van der Waals surface area (Å²) in [6.07, 6.45) is 4.22. The third-order valence-electron chi connectivity index (χ3n) is 5.62. The Labute approximate surface area is 208 Å². The lowest BCUT2D eigenvalue weighted by Crippen LogP contribution is -2.46. The predicted octanol–water partition coefficient (Wildman–Crippen LogP) is 6.26. The first kappa shape index (κ1) is 26.3. The second-order valence-electron chi connectivity index (χ2n) is 7.74. The van der Waals surface area contributed by atoms with Crippen LogP contribution in [0.15, 0.2) is 72.9 Å².